The second-order valence-electron chi connectivity index (χ2n) is 7.95. The molecule has 2 atom stereocenters. The van der Waals surface area contributed by atoms with Crippen molar-refractivity contribution in [3.63, 3.8) is 0 Å². The van der Waals surface area contributed by atoms with E-state index in [-0.39, 0.29) is 19.0 Å². The summed E-state index contributed by atoms with van der Waals surface area (Å²) in [6.07, 6.45) is -2.14. The van der Waals surface area contributed by atoms with Gasteiger partial charge in [0.2, 0.25) is 5.60 Å². The molecule has 3 aromatic rings. The van der Waals surface area contributed by atoms with E-state index in [4.69, 9.17) is 11.6 Å². The fraction of sp³-hybridized carbons (Fsp3) is 0.400. The van der Waals surface area contributed by atoms with E-state index in [2.05, 4.69) is 15.1 Å². The monoisotopic (exact) mass is 468 g/mol. The van der Waals surface area contributed by atoms with Gasteiger partial charge in [-0.2, -0.15) is 18.3 Å². The first-order chi connectivity index (χ1) is 14.9. The van der Waals surface area contributed by atoms with Crippen molar-refractivity contribution in [3.8, 4) is 11.4 Å². The lowest BCUT2D eigenvalue weighted by molar-refractivity contribution is -0.263. The number of hydrogen-bond donors (Lipinski definition) is 1. The van der Waals surface area contributed by atoms with E-state index < -0.39 is 23.6 Å². The molecule has 0 fully saturated rings. The standard InChI is InChI=1S/C20H20ClF3N6O2/c1-11-9-29(10-13-8-26-18(30(11)13)19(2,32)20(22,23)24)17(31)16-6-15(27-28(16)3)14-5-4-12(21)7-25-14/h4-8,11,32H,9-10H2,1-3H3/t11-,19+/m0/s1. The molecule has 0 unspecified atom stereocenters. The van der Waals surface area contributed by atoms with E-state index in [1.807, 2.05) is 0 Å². The van der Waals surface area contributed by atoms with Crippen LogP contribution in [0.2, 0.25) is 5.02 Å². The van der Waals surface area contributed by atoms with Crippen molar-refractivity contribution < 1.29 is 23.1 Å². The number of imidazole rings is 1. The number of amides is 1. The third kappa shape index (κ3) is 3.65. The van der Waals surface area contributed by atoms with Crippen molar-refractivity contribution in [2.75, 3.05) is 6.54 Å². The van der Waals surface area contributed by atoms with E-state index >= 15 is 0 Å². The Labute approximate surface area is 186 Å². The molecule has 4 heterocycles. The highest BCUT2D eigenvalue weighted by Crippen LogP contribution is 2.40. The molecule has 8 nitrogen and oxygen atoms in total. The second-order valence-corrected chi connectivity index (χ2v) is 8.38. The van der Waals surface area contributed by atoms with E-state index in [0.29, 0.717) is 34.7 Å². The van der Waals surface area contributed by atoms with E-state index in [1.54, 1.807) is 32.2 Å². The lowest BCUT2D eigenvalue weighted by Crippen LogP contribution is -2.45. The Morgan fingerprint density at radius 1 is 1.22 bits per heavy atom. The van der Waals surface area contributed by atoms with Crippen LogP contribution >= 0.6 is 11.6 Å². The van der Waals surface area contributed by atoms with Crippen molar-refractivity contribution in [2.45, 2.75) is 38.2 Å². The molecule has 1 amide bonds. The molecule has 170 valence electrons. The molecule has 1 N–H and O–H groups in total. The van der Waals surface area contributed by atoms with E-state index in [0.717, 1.165) is 0 Å². The van der Waals surface area contributed by atoms with Gasteiger partial charge in [-0.3, -0.25) is 14.5 Å². The Kier molecular flexibility index (Phi) is 5.29. The highest BCUT2D eigenvalue weighted by molar-refractivity contribution is 6.30. The maximum Gasteiger partial charge on any atom is 0.424 e. The van der Waals surface area contributed by atoms with Crippen LogP contribution in [-0.2, 0) is 19.2 Å². The molecule has 1 aliphatic heterocycles. The maximum atomic E-state index is 13.3. The third-order valence-electron chi connectivity index (χ3n) is 5.52. The third-order valence-corrected chi connectivity index (χ3v) is 5.74. The minimum atomic E-state index is -4.89. The molecule has 0 spiro atoms. The van der Waals surface area contributed by atoms with Gasteiger partial charge >= 0.3 is 6.18 Å². The number of rotatable bonds is 3. The van der Waals surface area contributed by atoms with Crippen LogP contribution in [-0.4, -0.2) is 53.0 Å². The summed E-state index contributed by atoms with van der Waals surface area (Å²) in [5.74, 6) is -0.820. The zero-order valence-electron chi connectivity index (χ0n) is 17.4. The summed E-state index contributed by atoms with van der Waals surface area (Å²) >= 11 is 5.86. The molecule has 12 heteroatoms. The number of hydrogen-bond acceptors (Lipinski definition) is 5. The van der Waals surface area contributed by atoms with Gasteiger partial charge in [0.25, 0.3) is 5.91 Å². The van der Waals surface area contributed by atoms with Crippen LogP contribution in [0.4, 0.5) is 13.2 Å². The Balaban J connectivity index is 1.62. The quantitative estimate of drug-likeness (QED) is 0.637. The van der Waals surface area contributed by atoms with Gasteiger partial charge in [0.15, 0.2) is 5.82 Å². The number of carbonyl (C=O) groups is 1. The number of fused-ring (bicyclic) bond motifs is 1. The first kappa shape index (κ1) is 22.3. The van der Waals surface area contributed by atoms with Crippen molar-refractivity contribution >= 4 is 17.5 Å². The van der Waals surface area contributed by atoms with E-state index in [9.17, 15) is 23.1 Å². The van der Waals surface area contributed by atoms with Gasteiger partial charge in [-0.15, -0.1) is 0 Å². The van der Waals surface area contributed by atoms with Gasteiger partial charge in [-0.1, -0.05) is 11.6 Å². The minimum absolute atomic E-state index is 0.0455. The van der Waals surface area contributed by atoms with Crippen LogP contribution in [0.3, 0.4) is 0 Å². The number of halogens is 4. The van der Waals surface area contributed by atoms with Gasteiger partial charge in [-0.25, -0.2) is 4.98 Å². The van der Waals surface area contributed by atoms with Gasteiger partial charge in [0.1, 0.15) is 11.4 Å². The number of nitrogens with zero attached hydrogens (tertiary/aromatic N) is 6. The molecule has 0 radical (unpaired) electrons. The Morgan fingerprint density at radius 3 is 2.56 bits per heavy atom. The molecule has 0 aromatic carbocycles. The fourth-order valence-electron chi connectivity index (χ4n) is 3.79. The average Bonchev–Trinajstić information content (AvgIpc) is 3.31. The summed E-state index contributed by atoms with van der Waals surface area (Å²) in [5.41, 5.74) is -1.36. The normalized spacial score (nSPS) is 18.4. The molecule has 0 saturated carbocycles. The van der Waals surface area contributed by atoms with Gasteiger partial charge in [0.05, 0.1) is 35.2 Å². The van der Waals surface area contributed by atoms with Crippen LogP contribution in [0, 0.1) is 0 Å². The predicted molar refractivity (Wildman–Crippen MR) is 109 cm³/mol. The topological polar surface area (TPSA) is 89.1 Å². The molecular formula is C20H20ClF3N6O2. The van der Waals surface area contributed by atoms with Crippen LogP contribution in [0.25, 0.3) is 11.4 Å². The summed E-state index contributed by atoms with van der Waals surface area (Å²) < 4.78 is 42.8. The zero-order chi connectivity index (χ0) is 23.4. The summed E-state index contributed by atoms with van der Waals surface area (Å²) in [5, 5.41) is 14.9. The Bertz CT molecular complexity index is 1170. The van der Waals surface area contributed by atoms with Crippen molar-refractivity contribution in [1.82, 2.24) is 29.2 Å². The molecule has 0 saturated heterocycles. The number of alkyl halides is 3. The number of aryl methyl sites for hydroxylation is 1. The van der Waals surface area contributed by atoms with Gasteiger partial charge in [0, 0.05) is 19.8 Å². The summed E-state index contributed by atoms with van der Waals surface area (Å²) in [6.45, 7) is 2.54. The highest BCUT2D eigenvalue weighted by atomic mass is 35.5. The Morgan fingerprint density at radius 2 is 1.94 bits per heavy atom. The van der Waals surface area contributed by atoms with Crippen molar-refractivity contribution in [2.24, 2.45) is 7.05 Å². The first-order valence-electron chi connectivity index (χ1n) is 9.71. The average molecular weight is 469 g/mol. The molecule has 32 heavy (non-hydrogen) atoms. The van der Waals surface area contributed by atoms with Crippen molar-refractivity contribution in [3.05, 3.63) is 52.8 Å². The van der Waals surface area contributed by atoms with Gasteiger partial charge < -0.3 is 14.6 Å². The zero-order valence-corrected chi connectivity index (χ0v) is 18.2. The molecule has 0 bridgehead atoms. The molecule has 1 aliphatic rings. The molecular weight excluding hydrogens is 449 g/mol. The fourth-order valence-corrected chi connectivity index (χ4v) is 3.90. The highest BCUT2D eigenvalue weighted by Gasteiger charge is 2.55. The van der Waals surface area contributed by atoms with Crippen LogP contribution in [0.1, 0.15) is 41.9 Å². The van der Waals surface area contributed by atoms with Gasteiger partial charge in [-0.05, 0) is 32.0 Å². The lowest BCUT2D eigenvalue weighted by atomic mass is 10.0. The largest absolute Gasteiger partial charge is 0.424 e. The minimum Gasteiger partial charge on any atom is -0.374 e. The Hall–Kier alpha value is -2.92. The van der Waals surface area contributed by atoms with Crippen LogP contribution < -0.4 is 0 Å². The lowest BCUT2D eigenvalue weighted by Gasteiger charge is -2.36. The summed E-state index contributed by atoms with van der Waals surface area (Å²) in [6, 6.07) is 4.43. The summed E-state index contributed by atoms with van der Waals surface area (Å²) in [4.78, 5) is 22.8. The number of carbonyl (C=O) groups excluding carboxylic acids is 1. The van der Waals surface area contributed by atoms with Crippen LogP contribution in [0.15, 0.2) is 30.6 Å². The maximum absolute atomic E-state index is 13.3. The smallest absolute Gasteiger partial charge is 0.374 e. The first-order valence-corrected chi connectivity index (χ1v) is 10.1. The predicted octanol–water partition coefficient (Wildman–Crippen LogP) is 3.32. The van der Waals surface area contributed by atoms with Crippen molar-refractivity contribution in [1.29, 1.82) is 0 Å². The second kappa shape index (κ2) is 7.59. The number of aliphatic hydroxyl groups is 1. The number of pyridine rings is 1. The molecule has 4 rings (SSSR count). The van der Waals surface area contributed by atoms with E-state index in [1.165, 1.54) is 26.5 Å². The SMILES string of the molecule is C[C@H]1CN(C(=O)c2cc(-c3ccc(Cl)cn3)nn2C)Cc2cnc([C@@](C)(O)C(F)(F)F)n21. The summed E-state index contributed by atoms with van der Waals surface area (Å²) in [7, 11) is 1.63. The molecule has 3 aromatic heterocycles. The molecule has 0 aliphatic carbocycles. The number of aromatic nitrogens is 5. The van der Waals surface area contributed by atoms with Crippen LogP contribution in [0.5, 0.6) is 0 Å².